The first-order chi connectivity index (χ1) is 11.7. The number of aromatic carboxylic acids is 1. The summed E-state index contributed by atoms with van der Waals surface area (Å²) in [5.41, 5.74) is 0.614. The number of halogens is 4. The van der Waals surface area contributed by atoms with Crippen molar-refractivity contribution in [3.8, 4) is 0 Å². The van der Waals surface area contributed by atoms with Crippen molar-refractivity contribution in [1.29, 1.82) is 0 Å². The van der Waals surface area contributed by atoms with E-state index in [1.54, 1.807) is 6.07 Å². The fourth-order valence-electron chi connectivity index (χ4n) is 1.85. The van der Waals surface area contributed by atoms with E-state index < -0.39 is 11.9 Å². The number of hydrogen-bond acceptors (Lipinski definition) is 3. The Labute approximate surface area is 189 Å². The van der Waals surface area contributed by atoms with Gasteiger partial charge in [-0.3, -0.25) is 10.1 Å². The van der Waals surface area contributed by atoms with Crippen molar-refractivity contribution in [3.05, 3.63) is 58.1 Å². The van der Waals surface area contributed by atoms with E-state index in [0.29, 0.717) is 10.0 Å². The van der Waals surface area contributed by atoms with Gasteiger partial charge in [0.05, 0.1) is 16.8 Å². The molecule has 0 spiro atoms. The average molecular weight is 665 g/mol. The minimum absolute atomic E-state index is 0.0180. The molecule has 2 aromatic carbocycles. The van der Waals surface area contributed by atoms with Crippen molar-refractivity contribution >= 4 is 108 Å². The molecule has 0 heterocycles. The van der Waals surface area contributed by atoms with Crippen LogP contribution >= 0.6 is 84.9 Å². The van der Waals surface area contributed by atoms with Crippen molar-refractivity contribution < 1.29 is 14.7 Å². The summed E-state index contributed by atoms with van der Waals surface area (Å²) < 4.78 is 2.45. The monoisotopic (exact) mass is 664 g/mol. The molecule has 0 saturated carbocycles. The van der Waals surface area contributed by atoms with E-state index in [4.69, 9.17) is 23.8 Å². The van der Waals surface area contributed by atoms with Crippen LogP contribution in [-0.2, 0) is 0 Å². The molecule has 0 saturated heterocycles. The first kappa shape index (κ1) is 20.8. The molecule has 0 aromatic heterocycles. The van der Waals surface area contributed by atoms with Gasteiger partial charge in [-0.25, -0.2) is 4.79 Å². The average Bonchev–Trinajstić information content (AvgIpc) is 2.52. The van der Waals surface area contributed by atoms with Crippen LogP contribution in [0.15, 0.2) is 34.8 Å². The molecule has 0 atom stereocenters. The van der Waals surface area contributed by atoms with Crippen molar-refractivity contribution in [1.82, 2.24) is 5.32 Å². The van der Waals surface area contributed by atoms with Crippen molar-refractivity contribution in [2.75, 3.05) is 5.32 Å². The number of amides is 1. The molecule has 0 radical (unpaired) electrons. The summed E-state index contributed by atoms with van der Waals surface area (Å²) in [6.07, 6.45) is 0. The molecule has 3 N–H and O–H groups in total. The van der Waals surface area contributed by atoms with Crippen LogP contribution in [0.1, 0.15) is 20.7 Å². The van der Waals surface area contributed by atoms with Crippen molar-refractivity contribution in [3.63, 3.8) is 0 Å². The zero-order valence-electron chi connectivity index (χ0n) is 12.1. The lowest BCUT2D eigenvalue weighted by molar-refractivity contribution is 0.0698. The van der Waals surface area contributed by atoms with Crippen molar-refractivity contribution in [2.45, 2.75) is 0 Å². The zero-order valence-corrected chi connectivity index (χ0v) is 19.5. The highest BCUT2D eigenvalue weighted by Gasteiger charge is 2.17. The minimum atomic E-state index is -1.16. The van der Waals surface area contributed by atoms with Gasteiger partial charge in [0, 0.05) is 16.6 Å². The Hall–Kier alpha value is -0.500. The summed E-state index contributed by atoms with van der Waals surface area (Å²) in [6.45, 7) is 0. The fourth-order valence-corrected chi connectivity index (χ4v) is 4.48. The molecule has 0 aliphatic carbocycles. The number of anilines is 1. The minimum Gasteiger partial charge on any atom is -0.478 e. The topological polar surface area (TPSA) is 78.4 Å². The maximum Gasteiger partial charge on any atom is 0.337 e. The van der Waals surface area contributed by atoms with E-state index in [2.05, 4.69) is 71.7 Å². The Morgan fingerprint density at radius 3 is 2.48 bits per heavy atom. The van der Waals surface area contributed by atoms with E-state index >= 15 is 0 Å². The number of carboxylic acid groups (broad SMARTS) is 1. The van der Waals surface area contributed by atoms with Gasteiger partial charge in [0.2, 0.25) is 0 Å². The van der Waals surface area contributed by atoms with Crippen LogP contribution in [0.25, 0.3) is 0 Å². The highest BCUT2D eigenvalue weighted by atomic mass is 127. The molecule has 5 nitrogen and oxygen atoms in total. The van der Waals surface area contributed by atoms with Gasteiger partial charge in [-0.15, -0.1) is 0 Å². The number of rotatable bonds is 3. The predicted molar refractivity (Wildman–Crippen MR) is 122 cm³/mol. The first-order valence-corrected chi connectivity index (χ1v) is 10.2. The molecular formula is C15H8BrClI2N2O3S. The third-order valence-electron chi connectivity index (χ3n) is 2.92. The Balaban J connectivity index is 2.19. The quantitative estimate of drug-likeness (QED) is 0.241. The number of thiocarbonyl (C=S) groups is 1. The molecule has 0 unspecified atom stereocenters. The second-order valence-electron chi connectivity index (χ2n) is 4.65. The number of benzene rings is 2. The van der Waals surface area contributed by atoms with Crippen LogP contribution in [-0.4, -0.2) is 22.1 Å². The van der Waals surface area contributed by atoms with Gasteiger partial charge < -0.3 is 10.4 Å². The van der Waals surface area contributed by atoms with Crippen molar-refractivity contribution in [2.24, 2.45) is 0 Å². The molecule has 0 fully saturated rings. The highest BCUT2D eigenvalue weighted by Crippen LogP contribution is 2.26. The smallest absolute Gasteiger partial charge is 0.337 e. The molecule has 2 rings (SSSR count). The third kappa shape index (κ3) is 5.49. The molecule has 130 valence electrons. The number of hydrogen-bond donors (Lipinski definition) is 3. The second kappa shape index (κ2) is 8.93. The largest absolute Gasteiger partial charge is 0.478 e. The summed E-state index contributed by atoms with van der Waals surface area (Å²) in [6, 6.07) is 7.95. The Morgan fingerprint density at radius 1 is 1.16 bits per heavy atom. The molecule has 1 amide bonds. The number of carbonyl (C=O) groups is 2. The Bertz CT molecular complexity index is 895. The van der Waals surface area contributed by atoms with Gasteiger partial charge >= 0.3 is 5.97 Å². The summed E-state index contributed by atoms with van der Waals surface area (Å²) in [5.74, 6) is -1.57. The molecule has 0 aliphatic rings. The Morgan fingerprint density at radius 2 is 1.84 bits per heavy atom. The van der Waals surface area contributed by atoms with E-state index in [1.165, 1.54) is 18.2 Å². The normalized spacial score (nSPS) is 10.2. The summed E-state index contributed by atoms with van der Waals surface area (Å²) in [7, 11) is 0. The molecular weight excluding hydrogens is 657 g/mol. The van der Waals surface area contributed by atoms with Gasteiger partial charge in [0.1, 0.15) is 0 Å². The predicted octanol–water partition coefficient (Wildman–Crippen LogP) is 5.14. The molecule has 2 aromatic rings. The maximum absolute atomic E-state index is 12.4. The standard InChI is InChI=1S/C15H8BrClI2N2O3S/c16-12-9(4-7(18)5-10(12)19)13(22)21-15(25)20-11-2-1-6(17)3-8(11)14(23)24/h1-5H,(H,23,24)(H2,20,21,22,25). The molecule has 0 bridgehead atoms. The van der Waals surface area contributed by atoms with E-state index in [9.17, 15) is 14.7 Å². The maximum atomic E-state index is 12.4. The third-order valence-corrected chi connectivity index (χ3v) is 6.43. The second-order valence-corrected chi connectivity index (χ2v) is 8.70. The van der Waals surface area contributed by atoms with E-state index in [-0.39, 0.29) is 21.4 Å². The molecule has 10 heteroatoms. The number of carbonyl (C=O) groups excluding carboxylic acids is 1. The van der Waals surface area contributed by atoms with Gasteiger partial charge in [-0.1, -0.05) is 11.6 Å². The zero-order chi connectivity index (χ0) is 18.7. The lowest BCUT2D eigenvalue weighted by atomic mass is 10.2. The van der Waals surface area contributed by atoms with Gasteiger partial charge in [-0.2, -0.15) is 0 Å². The summed E-state index contributed by atoms with van der Waals surface area (Å²) >= 11 is 18.5. The SMILES string of the molecule is O=C(O)c1cc(Cl)ccc1NC(=S)NC(=O)c1cc(I)cc(I)c1Br. The van der Waals surface area contributed by atoms with Crippen LogP contribution in [0, 0.1) is 7.14 Å². The van der Waals surface area contributed by atoms with Crippen LogP contribution < -0.4 is 10.6 Å². The first-order valence-electron chi connectivity index (χ1n) is 6.48. The van der Waals surface area contributed by atoms with Gasteiger partial charge in [-0.05, 0) is 104 Å². The van der Waals surface area contributed by atoms with Gasteiger partial charge in [0.25, 0.3) is 5.91 Å². The van der Waals surface area contributed by atoms with Crippen LogP contribution in [0.2, 0.25) is 5.02 Å². The molecule has 25 heavy (non-hydrogen) atoms. The summed E-state index contributed by atoms with van der Waals surface area (Å²) in [5, 5.41) is 14.7. The lowest BCUT2D eigenvalue weighted by Gasteiger charge is -2.13. The summed E-state index contributed by atoms with van der Waals surface area (Å²) in [4.78, 5) is 23.7. The van der Waals surface area contributed by atoms with Crippen LogP contribution in [0.5, 0.6) is 0 Å². The molecule has 0 aliphatic heterocycles. The number of carboxylic acids is 1. The van der Waals surface area contributed by atoms with Crippen LogP contribution in [0.3, 0.4) is 0 Å². The Kier molecular flexibility index (Phi) is 7.43. The van der Waals surface area contributed by atoms with E-state index in [1.807, 2.05) is 6.07 Å². The highest BCUT2D eigenvalue weighted by molar-refractivity contribution is 14.1. The lowest BCUT2D eigenvalue weighted by Crippen LogP contribution is -2.34. The number of nitrogens with one attached hydrogen (secondary N) is 2. The fraction of sp³-hybridized carbons (Fsp3) is 0. The van der Waals surface area contributed by atoms with Crippen LogP contribution in [0.4, 0.5) is 5.69 Å². The van der Waals surface area contributed by atoms with E-state index in [0.717, 1.165) is 7.14 Å². The van der Waals surface area contributed by atoms with Gasteiger partial charge in [0.15, 0.2) is 5.11 Å².